The Bertz CT molecular complexity index is 396. The number of rotatable bonds is 3. The van der Waals surface area contributed by atoms with Gasteiger partial charge in [0.1, 0.15) is 0 Å². The first-order valence-corrected chi connectivity index (χ1v) is 5.10. The quantitative estimate of drug-likeness (QED) is 0.636. The van der Waals surface area contributed by atoms with Crippen LogP contribution in [0.3, 0.4) is 0 Å². The van der Waals surface area contributed by atoms with Crippen molar-refractivity contribution in [3.8, 4) is 12.3 Å². The van der Waals surface area contributed by atoms with Gasteiger partial charge in [0, 0.05) is 4.90 Å². The number of aromatic carboxylic acids is 1. The van der Waals surface area contributed by atoms with E-state index in [-0.39, 0.29) is 10.6 Å². The zero-order chi connectivity index (χ0) is 10.6. The van der Waals surface area contributed by atoms with E-state index in [1.807, 2.05) is 0 Å². The molecule has 1 aromatic carbocycles. The third-order valence-corrected chi connectivity index (χ3v) is 2.72. The van der Waals surface area contributed by atoms with Gasteiger partial charge in [-0.2, -0.15) is 0 Å². The van der Waals surface area contributed by atoms with Crippen molar-refractivity contribution in [2.24, 2.45) is 0 Å². The first-order valence-electron chi connectivity index (χ1n) is 3.74. The van der Waals surface area contributed by atoms with Crippen LogP contribution in [-0.2, 0) is 0 Å². The van der Waals surface area contributed by atoms with Gasteiger partial charge in [0.25, 0.3) is 0 Å². The van der Waals surface area contributed by atoms with Crippen molar-refractivity contribution in [1.29, 1.82) is 0 Å². The minimum absolute atomic E-state index is 0.105. The molecule has 4 heteroatoms. The van der Waals surface area contributed by atoms with Crippen molar-refractivity contribution < 1.29 is 9.90 Å². The summed E-state index contributed by atoms with van der Waals surface area (Å²) < 4.78 is 0. The van der Waals surface area contributed by atoms with E-state index in [1.165, 1.54) is 17.8 Å². The normalized spacial score (nSPS) is 9.43. The van der Waals surface area contributed by atoms with Crippen molar-refractivity contribution in [1.82, 2.24) is 0 Å². The lowest BCUT2D eigenvalue weighted by molar-refractivity contribution is 0.0697. The molecule has 2 nitrogen and oxygen atoms in total. The molecule has 0 unspecified atom stereocenters. The monoisotopic (exact) mass is 226 g/mol. The highest BCUT2D eigenvalue weighted by Gasteiger charge is 2.08. The summed E-state index contributed by atoms with van der Waals surface area (Å²) in [4.78, 5) is 11.5. The van der Waals surface area contributed by atoms with Crippen molar-refractivity contribution in [3.05, 3.63) is 28.8 Å². The predicted molar refractivity (Wildman–Crippen MR) is 58.0 cm³/mol. The number of carboxylic acids is 1. The van der Waals surface area contributed by atoms with Gasteiger partial charge in [0.2, 0.25) is 0 Å². The van der Waals surface area contributed by atoms with Crippen molar-refractivity contribution in [2.45, 2.75) is 4.90 Å². The lowest BCUT2D eigenvalue weighted by atomic mass is 10.2. The SMILES string of the molecule is C#CCSc1ccc(Cl)c(C(=O)O)c1. The van der Waals surface area contributed by atoms with Gasteiger partial charge in [-0.3, -0.25) is 0 Å². The van der Waals surface area contributed by atoms with E-state index in [0.29, 0.717) is 5.75 Å². The minimum Gasteiger partial charge on any atom is -0.478 e. The Morgan fingerprint density at radius 1 is 1.64 bits per heavy atom. The van der Waals surface area contributed by atoms with Crippen LogP contribution in [-0.4, -0.2) is 16.8 Å². The molecule has 0 aliphatic carbocycles. The lowest BCUT2D eigenvalue weighted by Crippen LogP contribution is -1.97. The second-order valence-electron chi connectivity index (χ2n) is 2.44. The molecule has 0 spiro atoms. The highest BCUT2D eigenvalue weighted by Crippen LogP contribution is 2.24. The van der Waals surface area contributed by atoms with Crippen LogP contribution in [0.1, 0.15) is 10.4 Å². The van der Waals surface area contributed by atoms with Gasteiger partial charge >= 0.3 is 5.97 Å². The van der Waals surface area contributed by atoms with E-state index in [2.05, 4.69) is 5.92 Å². The molecular formula is C10H7ClO2S. The van der Waals surface area contributed by atoms with Crippen LogP contribution < -0.4 is 0 Å². The maximum absolute atomic E-state index is 10.7. The Morgan fingerprint density at radius 2 is 2.36 bits per heavy atom. The molecule has 0 aliphatic rings. The largest absolute Gasteiger partial charge is 0.478 e. The van der Waals surface area contributed by atoms with Gasteiger partial charge < -0.3 is 5.11 Å². The third-order valence-electron chi connectivity index (χ3n) is 1.49. The first-order chi connectivity index (χ1) is 6.65. The smallest absolute Gasteiger partial charge is 0.337 e. The zero-order valence-corrected chi connectivity index (χ0v) is 8.73. The number of halogens is 1. The molecule has 0 fully saturated rings. The van der Waals surface area contributed by atoms with Gasteiger partial charge in [0.15, 0.2) is 0 Å². The van der Waals surface area contributed by atoms with E-state index in [9.17, 15) is 4.79 Å². The van der Waals surface area contributed by atoms with Gasteiger partial charge in [-0.25, -0.2) is 4.79 Å². The predicted octanol–water partition coefficient (Wildman–Crippen LogP) is 2.76. The molecule has 0 atom stereocenters. The van der Waals surface area contributed by atoms with Crippen LogP contribution in [0.4, 0.5) is 0 Å². The number of hydrogen-bond donors (Lipinski definition) is 1. The fourth-order valence-electron chi connectivity index (χ4n) is 0.883. The Balaban J connectivity index is 2.96. The second-order valence-corrected chi connectivity index (χ2v) is 3.90. The molecule has 0 bridgehead atoms. The molecule has 14 heavy (non-hydrogen) atoms. The van der Waals surface area contributed by atoms with Crippen LogP contribution in [0.2, 0.25) is 5.02 Å². The number of thioether (sulfide) groups is 1. The third kappa shape index (κ3) is 2.69. The molecule has 1 aromatic rings. The second kappa shape index (κ2) is 4.94. The number of carboxylic acid groups (broad SMARTS) is 1. The van der Waals surface area contributed by atoms with Gasteiger partial charge in [0.05, 0.1) is 16.3 Å². The van der Waals surface area contributed by atoms with Crippen molar-refractivity contribution in [3.63, 3.8) is 0 Å². The zero-order valence-electron chi connectivity index (χ0n) is 7.16. The van der Waals surface area contributed by atoms with Crippen LogP contribution in [0.15, 0.2) is 23.1 Å². The summed E-state index contributed by atoms with van der Waals surface area (Å²) >= 11 is 7.10. The summed E-state index contributed by atoms with van der Waals surface area (Å²) in [6.07, 6.45) is 5.09. The van der Waals surface area contributed by atoms with E-state index in [0.717, 1.165) is 4.90 Å². The van der Waals surface area contributed by atoms with E-state index in [4.69, 9.17) is 23.1 Å². The van der Waals surface area contributed by atoms with Crippen LogP contribution in [0, 0.1) is 12.3 Å². The molecule has 0 saturated carbocycles. The van der Waals surface area contributed by atoms with Crippen molar-refractivity contribution >= 4 is 29.3 Å². The Labute approximate surface area is 91.3 Å². The molecular weight excluding hydrogens is 220 g/mol. The standard InChI is InChI=1S/C10H7ClO2S/c1-2-5-14-7-3-4-9(11)8(6-7)10(12)13/h1,3-4,6H,5H2,(H,12,13). The molecule has 72 valence electrons. The summed E-state index contributed by atoms with van der Waals surface area (Å²) in [5.74, 6) is 1.95. The molecule has 1 rings (SSSR count). The number of benzene rings is 1. The average molecular weight is 227 g/mol. The maximum Gasteiger partial charge on any atom is 0.337 e. The average Bonchev–Trinajstić information content (AvgIpc) is 2.16. The van der Waals surface area contributed by atoms with Gasteiger partial charge in [-0.15, -0.1) is 18.2 Å². The molecule has 0 aliphatic heterocycles. The number of carbonyl (C=O) groups is 1. The molecule has 0 saturated heterocycles. The Hall–Kier alpha value is -1.11. The van der Waals surface area contributed by atoms with Crippen LogP contribution in [0.5, 0.6) is 0 Å². The highest BCUT2D eigenvalue weighted by atomic mass is 35.5. The van der Waals surface area contributed by atoms with Gasteiger partial charge in [-0.05, 0) is 18.2 Å². The topological polar surface area (TPSA) is 37.3 Å². The van der Waals surface area contributed by atoms with E-state index in [1.54, 1.807) is 12.1 Å². The number of hydrogen-bond acceptors (Lipinski definition) is 2. The van der Waals surface area contributed by atoms with Crippen LogP contribution in [0.25, 0.3) is 0 Å². The Morgan fingerprint density at radius 3 is 2.93 bits per heavy atom. The highest BCUT2D eigenvalue weighted by molar-refractivity contribution is 7.99. The van der Waals surface area contributed by atoms with Gasteiger partial charge in [-0.1, -0.05) is 17.5 Å². The minimum atomic E-state index is -1.03. The molecule has 0 heterocycles. The lowest BCUT2D eigenvalue weighted by Gasteiger charge is -2.01. The van der Waals surface area contributed by atoms with Crippen molar-refractivity contribution in [2.75, 3.05) is 5.75 Å². The molecule has 0 aromatic heterocycles. The molecule has 1 N–H and O–H groups in total. The molecule has 0 amide bonds. The summed E-state index contributed by atoms with van der Waals surface area (Å²) in [7, 11) is 0. The Kier molecular flexibility index (Phi) is 3.87. The fraction of sp³-hybridized carbons (Fsp3) is 0.100. The van der Waals surface area contributed by atoms with E-state index >= 15 is 0 Å². The summed E-state index contributed by atoms with van der Waals surface area (Å²) in [6.45, 7) is 0. The fourth-order valence-corrected chi connectivity index (χ4v) is 1.70. The first kappa shape index (κ1) is 11.0. The molecule has 0 radical (unpaired) electrons. The summed E-state index contributed by atoms with van der Waals surface area (Å²) in [6, 6.07) is 4.83. The maximum atomic E-state index is 10.7. The number of terminal acetylenes is 1. The summed E-state index contributed by atoms with van der Waals surface area (Å²) in [5.41, 5.74) is 0.105. The van der Waals surface area contributed by atoms with E-state index < -0.39 is 5.97 Å². The van der Waals surface area contributed by atoms with Crippen LogP contribution >= 0.6 is 23.4 Å². The summed E-state index contributed by atoms with van der Waals surface area (Å²) in [5, 5.41) is 9.02.